The number of carbonyl (C=O) groups excluding carboxylic acids is 2. The van der Waals surface area contributed by atoms with Gasteiger partial charge in [0.25, 0.3) is 11.5 Å². The zero-order valence-electron chi connectivity index (χ0n) is 18.1. The molecule has 1 heterocycles. The van der Waals surface area contributed by atoms with Gasteiger partial charge < -0.3 is 4.90 Å². The average Bonchev–Trinajstić information content (AvgIpc) is 2.73. The molecule has 1 aromatic heterocycles. The molecule has 2 aliphatic rings. The molecule has 1 saturated carbocycles. The van der Waals surface area contributed by atoms with Crippen LogP contribution in [0.2, 0.25) is 0 Å². The number of pyridine rings is 1. The first-order valence-corrected chi connectivity index (χ1v) is 10.9. The zero-order valence-corrected chi connectivity index (χ0v) is 18.1. The summed E-state index contributed by atoms with van der Waals surface area (Å²) in [7, 11) is 1.81. The predicted molar refractivity (Wildman–Crippen MR) is 117 cm³/mol. The monoisotopic (exact) mass is 406 g/mol. The summed E-state index contributed by atoms with van der Waals surface area (Å²) < 4.78 is 1.47. The molecule has 1 fully saturated rings. The summed E-state index contributed by atoms with van der Waals surface area (Å²) >= 11 is 0. The minimum Gasteiger partial charge on any atom is -0.339 e. The Morgan fingerprint density at radius 2 is 1.70 bits per heavy atom. The van der Waals surface area contributed by atoms with Crippen LogP contribution in [0, 0.1) is 5.41 Å². The minimum absolute atomic E-state index is 0.000278. The minimum atomic E-state index is -0.335. The summed E-state index contributed by atoms with van der Waals surface area (Å²) in [6, 6.07) is 9.38. The standard InChI is InChI=1S/C25H30N2O3/c1-25(2)14-19-20(21(28)15-25)16-27(18-12-8-5-9-13-18)24(30)22(19)23(29)26(3)17-10-6-4-7-11-17/h5,8-9,12-13,16-17H,4,6-7,10-11,14-15H2,1-3H3. The Morgan fingerprint density at radius 3 is 2.37 bits per heavy atom. The van der Waals surface area contributed by atoms with Gasteiger partial charge in [0.15, 0.2) is 5.78 Å². The number of rotatable bonds is 3. The lowest BCUT2D eigenvalue weighted by Crippen LogP contribution is -2.43. The number of nitrogens with zero attached hydrogens (tertiary/aromatic N) is 2. The first-order valence-electron chi connectivity index (χ1n) is 10.9. The molecule has 0 aliphatic heterocycles. The summed E-state index contributed by atoms with van der Waals surface area (Å²) in [5.41, 5.74) is 1.37. The fourth-order valence-corrected chi connectivity index (χ4v) is 4.96. The second-order valence-corrected chi connectivity index (χ2v) is 9.56. The number of aromatic nitrogens is 1. The van der Waals surface area contributed by atoms with E-state index >= 15 is 0 Å². The number of benzene rings is 1. The van der Waals surface area contributed by atoms with Crippen molar-refractivity contribution in [2.24, 2.45) is 5.41 Å². The van der Waals surface area contributed by atoms with Crippen molar-refractivity contribution in [1.82, 2.24) is 9.47 Å². The number of Topliss-reactive ketones (excluding diaryl/α,β-unsaturated/α-hetero) is 1. The highest BCUT2D eigenvalue weighted by Crippen LogP contribution is 2.36. The summed E-state index contributed by atoms with van der Waals surface area (Å²) in [5, 5.41) is 0. The van der Waals surface area contributed by atoms with Gasteiger partial charge in [-0.15, -0.1) is 0 Å². The summed E-state index contributed by atoms with van der Waals surface area (Å²) in [4.78, 5) is 42.0. The Balaban J connectivity index is 1.89. The summed E-state index contributed by atoms with van der Waals surface area (Å²) in [5.74, 6) is -0.251. The smallest absolute Gasteiger partial charge is 0.268 e. The predicted octanol–water partition coefficient (Wildman–Crippen LogP) is 4.40. The van der Waals surface area contributed by atoms with E-state index in [1.54, 1.807) is 18.1 Å². The van der Waals surface area contributed by atoms with Gasteiger partial charge in [-0.3, -0.25) is 19.0 Å². The third-order valence-corrected chi connectivity index (χ3v) is 6.60. The van der Waals surface area contributed by atoms with Crippen LogP contribution in [0.25, 0.3) is 5.69 Å². The van der Waals surface area contributed by atoms with Crippen molar-refractivity contribution in [1.29, 1.82) is 0 Å². The molecule has 0 unspecified atom stereocenters. The molecule has 5 nitrogen and oxygen atoms in total. The van der Waals surface area contributed by atoms with Crippen molar-refractivity contribution in [2.45, 2.75) is 64.8 Å². The van der Waals surface area contributed by atoms with Crippen molar-refractivity contribution in [3.8, 4) is 5.69 Å². The topological polar surface area (TPSA) is 59.4 Å². The molecule has 4 rings (SSSR count). The molecule has 1 amide bonds. The Hall–Kier alpha value is -2.69. The van der Waals surface area contributed by atoms with Crippen LogP contribution >= 0.6 is 0 Å². The molecule has 0 atom stereocenters. The summed E-state index contributed by atoms with van der Waals surface area (Å²) in [6.07, 6.45) is 7.95. The van der Waals surface area contributed by atoms with Crippen LogP contribution in [0.5, 0.6) is 0 Å². The average molecular weight is 407 g/mol. The highest BCUT2D eigenvalue weighted by atomic mass is 16.2. The first-order chi connectivity index (χ1) is 14.3. The van der Waals surface area contributed by atoms with Crippen molar-refractivity contribution < 1.29 is 9.59 Å². The van der Waals surface area contributed by atoms with Crippen LogP contribution in [-0.4, -0.2) is 34.2 Å². The molecule has 0 radical (unpaired) electrons. The van der Waals surface area contributed by atoms with Crippen LogP contribution in [-0.2, 0) is 6.42 Å². The van der Waals surface area contributed by atoms with E-state index in [2.05, 4.69) is 0 Å². The van der Waals surface area contributed by atoms with Crippen LogP contribution in [0.4, 0.5) is 0 Å². The van der Waals surface area contributed by atoms with Gasteiger partial charge in [-0.25, -0.2) is 0 Å². The maximum Gasteiger partial charge on any atom is 0.268 e. The van der Waals surface area contributed by atoms with Gasteiger partial charge in [0.2, 0.25) is 0 Å². The van der Waals surface area contributed by atoms with Crippen molar-refractivity contribution in [3.63, 3.8) is 0 Å². The highest BCUT2D eigenvalue weighted by molar-refractivity contribution is 6.04. The third kappa shape index (κ3) is 3.73. The molecular formula is C25H30N2O3. The molecular weight excluding hydrogens is 376 g/mol. The number of ketones is 1. The largest absolute Gasteiger partial charge is 0.339 e. The van der Waals surface area contributed by atoms with Crippen LogP contribution < -0.4 is 5.56 Å². The van der Waals surface area contributed by atoms with Gasteiger partial charge in [0, 0.05) is 37.0 Å². The van der Waals surface area contributed by atoms with Crippen molar-refractivity contribution in [2.75, 3.05) is 7.05 Å². The van der Waals surface area contributed by atoms with Gasteiger partial charge in [-0.05, 0) is 42.4 Å². The lowest BCUT2D eigenvalue weighted by molar-refractivity contribution is 0.0691. The molecule has 0 saturated heterocycles. The molecule has 2 aliphatic carbocycles. The summed E-state index contributed by atoms with van der Waals surface area (Å²) in [6.45, 7) is 4.05. The quantitative estimate of drug-likeness (QED) is 0.759. The number of amides is 1. The lowest BCUT2D eigenvalue weighted by atomic mass is 9.73. The normalized spacial score (nSPS) is 18.7. The number of fused-ring (bicyclic) bond motifs is 1. The molecule has 158 valence electrons. The van der Waals surface area contributed by atoms with Crippen LogP contribution in [0.1, 0.15) is 78.7 Å². The third-order valence-electron chi connectivity index (χ3n) is 6.60. The molecule has 0 spiro atoms. The van der Waals surface area contributed by atoms with Crippen molar-refractivity contribution >= 4 is 11.7 Å². The maximum absolute atomic E-state index is 13.6. The van der Waals surface area contributed by atoms with Gasteiger partial charge in [-0.1, -0.05) is 51.3 Å². The Bertz CT molecular complexity index is 1030. The Kier molecular flexibility index (Phi) is 5.39. The molecule has 5 heteroatoms. The SMILES string of the molecule is CN(C(=O)c1c2c(cn(-c3ccccc3)c1=O)C(=O)CC(C)(C)C2)C1CCCCC1. The highest BCUT2D eigenvalue weighted by Gasteiger charge is 2.37. The second-order valence-electron chi connectivity index (χ2n) is 9.56. The van der Waals surface area contributed by atoms with Crippen LogP contribution in [0.3, 0.4) is 0 Å². The van der Waals surface area contributed by atoms with E-state index in [9.17, 15) is 14.4 Å². The number of hydrogen-bond acceptors (Lipinski definition) is 3. The van der Waals surface area contributed by atoms with Crippen LogP contribution in [0.15, 0.2) is 41.3 Å². The van der Waals surface area contributed by atoms with E-state index in [0.717, 1.165) is 25.7 Å². The zero-order chi connectivity index (χ0) is 21.5. The molecule has 2 aromatic rings. The Morgan fingerprint density at radius 1 is 1.03 bits per heavy atom. The van der Waals surface area contributed by atoms with E-state index in [1.807, 2.05) is 44.2 Å². The molecule has 30 heavy (non-hydrogen) atoms. The van der Waals surface area contributed by atoms with E-state index < -0.39 is 0 Å². The van der Waals surface area contributed by atoms with Gasteiger partial charge >= 0.3 is 0 Å². The van der Waals surface area contributed by atoms with Gasteiger partial charge in [-0.2, -0.15) is 0 Å². The molecule has 1 aromatic carbocycles. The first kappa shape index (κ1) is 20.6. The Labute approximate surface area is 177 Å². The van der Waals surface area contributed by atoms with Crippen molar-refractivity contribution in [3.05, 3.63) is 63.6 Å². The fourth-order valence-electron chi connectivity index (χ4n) is 4.96. The van der Waals surface area contributed by atoms with E-state index in [-0.39, 0.29) is 34.3 Å². The second kappa shape index (κ2) is 7.86. The van der Waals surface area contributed by atoms with E-state index in [0.29, 0.717) is 29.7 Å². The van der Waals surface area contributed by atoms with Gasteiger partial charge in [0.05, 0.1) is 0 Å². The van der Waals surface area contributed by atoms with E-state index in [4.69, 9.17) is 0 Å². The maximum atomic E-state index is 13.6. The number of para-hydroxylation sites is 1. The van der Waals surface area contributed by atoms with E-state index in [1.165, 1.54) is 11.0 Å². The molecule has 0 bridgehead atoms. The number of carbonyl (C=O) groups is 2. The lowest BCUT2D eigenvalue weighted by Gasteiger charge is -2.34. The fraction of sp³-hybridized carbons (Fsp3) is 0.480. The number of hydrogen-bond donors (Lipinski definition) is 0. The molecule has 0 N–H and O–H groups in total. The van der Waals surface area contributed by atoms with Gasteiger partial charge in [0.1, 0.15) is 5.56 Å².